The number of piperazine rings is 1. The molecule has 0 saturated carbocycles. The second-order valence-electron chi connectivity index (χ2n) is 10.2. The minimum Gasteiger partial charge on any atom is -0.490 e. The van der Waals surface area contributed by atoms with E-state index in [-0.39, 0.29) is 11.7 Å². The van der Waals surface area contributed by atoms with Crippen molar-refractivity contribution in [3.05, 3.63) is 95.4 Å². The molecule has 1 saturated heterocycles. The molecule has 1 aliphatic rings. The molecule has 212 valence electrons. The van der Waals surface area contributed by atoms with Crippen LogP contribution < -0.4 is 15.4 Å². The Labute approximate surface area is 240 Å². The smallest absolute Gasteiger partial charge is 0.255 e. The van der Waals surface area contributed by atoms with Crippen molar-refractivity contribution in [2.24, 2.45) is 0 Å². The second kappa shape index (κ2) is 12.9. The zero-order valence-corrected chi connectivity index (χ0v) is 23.7. The van der Waals surface area contributed by atoms with Crippen molar-refractivity contribution >= 4 is 23.2 Å². The molecule has 3 aromatic carbocycles. The van der Waals surface area contributed by atoms with Crippen molar-refractivity contribution < 1.29 is 13.9 Å². The standard InChI is InChI=1S/C32H35FN6O2/c1-4-41-29-20-34-32(37-30(29)24-7-11-26(33)12-8-24)35-27-13-9-25(10-14-27)31(40)36-28-19-23(6-5-22(28)2)21-39-17-15-38(3)16-18-39/h5-14,19-20H,4,15-18,21H2,1-3H3,(H,36,40)(H,34,35,37). The fourth-order valence-electron chi connectivity index (χ4n) is 4.70. The summed E-state index contributed by atoms with van der Waals surface area (Å²) in [4.78, 5) is 26.8. The molecule has 5 rings (SSSR count). The van der Waals surface area contributed by atoms with Crippen LogP contribution in [0.5, 0.6) is 5.75 Å². The van der Waals surface area contributed by atoms with E-state index in [1.54, 1.807) is 30.5 Å². The third-order valence-electron chi connectivity index (χ3n) is 7.13. The molecule has 0 atom stereocenters. The maximum absolute atomic E-state index is 13.5. The van der Waals surface area contributed by atoms with Gasteiger partial charge in [-0.2, -0.15) is 0 Å². The number of amides is 1. The van der Waals surface area contributed by atoms with Crippen LogP contribution in [0.25, 0.3) is 11.3 Å². The van der Waals surface area contributed by atoms with Gasteiger partial charge in [-0.25, -0.2) is 14.4 Å². The highest BCUT2D eigenvalue weighted by atomic mass is 19.1. The molecule has 8 nitrogen and oxygen atoms in total. The fraction of sp³-hybridized carbons (Fsp3) is 0.281. The summed E-state index contributed by atoms with van der Waals surface area (Å²) < 4.78 is 19.1. The highest BCUT2D eigenvalue weighted by molar-refractivity contribution is 6.04. The predicted octanol–water partition coefficient (Wildman–Crippen LogP) is 5.73. The van der Waals surface area contributed by atoms with E-state index in [9.17, 15) is 9.18 Å². The zero-order valence-electron chi connectivity index (χ0n) is 23.7. The summed E-state index contributed by atoms with van der Waals surface area (Å²) >= 11 is 0. The number of hydrogen-bond donors (Lipinski definition) is 2. The lowest BCUT2D eigenvalue weighted by Gasteiger charge is -2.32. The predicted molar refractivity (Wildman–Crippen MR) is 160 cm³/mol. The highest BCUT2D eigenvalue weighted by Gasteiger charge is 2.16. The number of rotatable bonds is 9. The van der Waals surface area contributed by atoms with Crippen molar-refractivity contribution in [3.63, 3.8) is 0 Å². The van der Waals surface area contributed by atoms with Gasteiger partial charge >= 0.3 is 0 Å². The van der Waals surface area contributed by atoms with E-state index in [0.29, 0.717) is 29.6 Å². The van der Waals surface area contributed by atoms with E-state index >= 15 is 0 Å². The van der Waals surface area contributed by atoms with Crippen LogP contribution in [0.4, 0.5) is 21.7 Å². The Morgan fingerprint density at radius 2 is 1.73 bits per heavy atom. The first-order valence-corrected chi connectivity index (χ1v) is 13.8. The van der Waals surface area contributed by atoms with Gasteiger partial charge in [-0.3, -0.25) is 9.69 Å². The Kier molecular flexibility index (Phi) is 8.86. The van der Waals surface area contributed by atoms with Crippen molar-refractivity contribution in [1.82, 2.24) is 19.8 Å². The molecule has 0 spiro atoms. The van der Waals surface area contributed by atoms with E-state index in [0.717, 1.165) is 55.2 Å². The maximum Gasteiger partial charge on any atom is 0.255 e. The van der Waals surface area contributed by atoms with E-state index in [1.807, 2.05) is 26.0 Å². The van der Waals surface area contributed by atoms with Crippen LogP contribution in [0, 0.1) is 12.7 Å². The second-order valence-corrected chi connectivity index (χ2v) is 10.2. The summed E-state index contributed by atoms with van der Waals surface area (Å²) in [6, 6.07) is 19.5. The van der Waals surface area contributed by atoms with Gasteiger partial charge in [0.25, 0.3) is 5.91 Å². The Bertz CT molecular complexity index is 1490. The van der Waals surface area contributed by atoms with Gasteiger partial charge in [0.2, 0.25) is 5.95 Å². The normalized spacial score (nSPS) is 14.0. The summed E-state index contributed by atoms with van der Waals surface area (Å²) in [5.41, 5.74) is 5.56. The van der Waals surface area contributed by atoms with Crippen LogP contribution >= 0.6 is 0 Å². The number of carbonyl (C=O) groups excluding carboxylic acids is 1. The fourth-order valence-corrected chi connectivity index (χ4v) is 4.70. The van der Waals surface area contributed by atoms with Crippen molar-refractivity contribution in [2.45, 2.75) is 20.4 Å². The Morgan fingerprint density at radius 1 is 1.00 bits per heavy atom. The molecule has 9 heteroatoms. The molecule has 1 aliphatic heterocycles. The summed E-state index contributed by atoms with van der Waals surface area (Å²) in [6.07, 6.45) is 1.60. The largest absolute Gasteiger partial charge is 0.490 e. The molecule has 0 unspecified atom stereocenters. The minimum atomic E-state index is -0.322. The van der Waals surface area contributed by atoms with Gasteiger partial charge in [0.15, 0.2) is 5.75 Å². The average Bonchev–Trinajstić information content (AvgIpc) is 2.98. The minimum absolute atomic E-state index is 0.174. The van der Waals surface area contributed by atoms with Gasteiger partial charge in [0.05, 0.1) is 12.8 Å². The van der Waals surface area contributed by atoms with Crippen molar-refractivity contribution in [2.75, 3.05) is 50.5 Å². The first-order valence-electron chi connectivity index (χ1n) is 13.8. The number of hydrogen-bond acceptors (Lipinski definition) is 7. The van der Waals surface area contributed by atoms with Gasteiger partial charge in [-0.15, -0.1) is 0 Å². The number of nitrogens with zero attached hydrogens (tertiary/aromatic N) is 4. The molecular weight excluding hydrogens is 519 g/mol. The maximum atomic E-state index is 13.5. The Hall–Kier alpha value is -4.34. The van der Waals surface area contributed by atoms with E-state index in [4.69, 9.17) is 4.74 Å². The molecule has 2 N–H and O–H groups in total. The molecular formula is C32H35FN6O2. The third kappa shape index (κ3) is 7.25. The number of anilines is 3. The molecule has 1 aromatic heterocycles. The van der Waals surface area contributed by atoms with Crippen molar-refractivity contribution in [3.8, 4) is 17.0 Å². The van der Waals surface area contributed by atoms with Crippen LogP contribution in [0.1, 0.15) is 28.4 Å². The number of benzene rings is 3. The van der Waals surface area contributed by atoms with Crippen LogP contribution in [0.2, 0.25) is 0 Å². The van der Waals surface area contributed by atoms with Crippen LogP contribution in [0.15, 0.2) is 72.9 Å². The van der Waals surface area contributed by atoms with E-state index in [2.05, 4.69) is 55.6 Å². The number of carbonyl (C=O) groups is 1. The quantitative estimate of drug-likeness (QED) is 0.273. The first kappa shape index (κ1) is 28.2. The van der Waals surface area contributed by atoms with Crippen LogP contribution in [-0.2, 0) is 6.54 Å². The zero-order chi connectivity index (χ0) is 28.8. The average molecular weight is 555 g/mol. The van der Waals surface area contributed by atoms with Crippen molar-refractivity contribution in [1.29, 1.82) is 0 Å². The third-order valence-corrected chi connectivity index (χ3v) is 7.13. The summed E-state index contributed by atoms with van der Waals surface area (Å²) in [7, 11) is 2.15. The summed E-state index contributed by atoms with van der Waals surface area (Å²) in [5.74, 6) is 0.376. The Morgan fingerprint density at radius 3 is 2.44 bits per heavy atom. The lowest BCUT2D eigenvalue weighted by Crippen LogP contribution is -2.43. The van der Waals surface area contributed by atoms with Gasteiger partial charge in [0, 0.05) is 55.2 Å². The van der Waals surface area contributed by atoms with Crippen LogP contribution in [-0.4, -0.2) is 65.5 Å². The number of halogens is 1. The molecule has 2 heterocycles. The number of aromatic nitrogens is 2. The number of aryl methyl sites for hydroxylation is 1. The molecule has 41 heavy (non-hydrogen) atoms. The van der Waals surface area contributed by atoms with Gasteiger partial charge < -0.3 is 20.3 Å². The molecule has 0 radical (unpaired) electrons. The summed E-state index contributed by atoms with van der Waals surface area (Å²) in [5, 5.41) is 6.25. The molecule has 4 aromatic rings. The molecule has 1 amide bonds. The molecule has 0 bridgehead atoms. The van der Waals surface area contributed by atoms with E-state index in [1.165, 1.54) is 17.7 Å². The topological polar surface area (TPSA) is 82.6 Å². The SMILES string of the molecule is CCOc1cnc(Nc2ccc(C(=O)Nc3cc(CN4CCN(C)CC4)ccc3C)cc2)nc1-c1ccc(F)cc1. The number of nitrogens with one attached hydrogen (secondary N) is 2. The van der Waals surface area contributed by atoms with Gasteiger partial charge in [-0.1, -0.05) is 12.1 Å². The van der Waals surface area contributed by atoms with Gasteiger partial charge in [0.1, 0.15) is 11.5 Å². The van der Waals surface area contributed by atoms with Gasteiger partial charge in [-0.05, 0) is 86.6 Å². The summed E-state index contributed by atoms with van der Waals surface area (Å²) in [6.45, 7) is 9.43. The first-order chi connectivity index (χ1) is 19.9. The monoisotopic (exact) mass is 554 g/mol. The highest BCUT2D eigenvalue weighted by Crippen LogP contribution is 2.29. The van der Waals surface area contributed by atoms with Crippen LogP contribution in [0.3, 0.4) is 0 Å². The lowest BCUT2D eigenvalue weighted by molar-refractivity contribution is 0.102. The lowest BCUT2D eigenvalue weighted by atomic mass is 10.1. The number of likely N-dealkylation sites (N-methyl/N-ethyl adjacent to an activating group) is 1. The molecule has 1 fully saturated rings. The number of ether oxygens (including phenoxy) is 1. The van der Waals surface area contributed by atoms with E-state index < -0.39 is 0 Å². The Balaban J connectivity index is 1.25. The molecule has 0 aliphatic carbocycles.